The van der Waals surface area contributed by atoms with Crippen LogP contribution < -0.4 is 0 Å². The van der Waals surface area contributed by atoms with Crippen LogP contribution in [0.4, 0.5) is 0 Å². The van der Waals surface area contributed by atoms with Crippen molar-refractivity contribution in [2.24, 2.45) is 0 Å². The summed E-state index contributed by atoms with van der Waals surface area (Å²) in [5.74, 6) is -0.417. The molecule has 0 aromatic rings. The lowest BCUT2D eigenvalue weighted by atomic mass is 10.4. The largest absolute Gasteiger partial charge is 0.463 e. The van der Waals surface area contributed by atoms with E-state index in [1.807, 2.05) is 19.6 Å². The molecule has 1 unspecified atom stereocenters. The van der Waals surface area contributed by atoms with Crippen molar-refractivity contribution in [3.05, 3.63) is 12.2 Å². The van der Waals surface area contributed by atoms with Crippen LogP contribution in [0.1, 0.15) is 6.92 Å². The average Bonchev–Trinajstić information content (AvgIpc) is 2.09. The van der Waals surface area contributed by atoms with E-state index in [1.165, 1.54) is 0 Å². The Morgan fingerprint density at radius 2 is 2.00 bits per heavy atom. The molecule has 4 nitrogen and oxygen atoms in total. The first-order valence-corrected chi connectivity index (χ1v) is 10.4. The third-order valence-electron chi connectivity index (χ3n) is 1.47. The molecule has 0 rings (SSSR count). The maximum atomic E-state index is 11.1. The van der Waals surface area contributed by atoms with E-state index in [2.05, 4.69) is 6.58 Å². The fraction of sp³-hybridized carbons (Fsp3) is 0.667. The molecule has 0 bridgehead atoms. The van der Waals surface area contributed by atoms with Crippen molar-refractivity contribution in [1.82, 2.24) is 0 Å². The molecule has 0 saturated carbocycles. The van der Waals surface area contributed by atoms with Crippen molar-refractivity contribution in [2.45, 2.75) is 26.6 Å². The smallest absolute Gasteiger partial charge is 0.332 e. The van der Waals surface area contributed by atoms with E-state index in [0.29, 0.717) is 5.57 Å². The van der Waals surface area contributed by atoms with Gasteiger partial charge in [-0.25, -0.2) is 4.79 Å². The topological polar surface area (TPSA) is 55.8 Å². The predicted molar refractivity (Wildman–Crippen MR) is 64.4 cm³/mol. The number of carbonyl (C=O) groups excluding carboxylic acids is 1. The molecule has 15 heavy (non-hydrogen) atoms. The van der Waals surface area contributed by atoms with Crippen LogP contribution in [0.3, 0.4) is 0 Å². The summed E-state index contributed by atoms with van der Waals surface area (Å²) in [5, 5.41) is 9.09. The Kier molecular flexibility index (Phi) is 6.03. The van der Waals surface area contributed by atoms with Crippen molar-refractivity contribution < 1.29 is 18.8 Å². The van der Waals surface area contributed by atoms with Crippen molar-refractivity contribution in [3.8, 4) is 0 Å². The van der Waals surface area contributed by atoms with Crippen LogP contribution in [0.5, 0.6) is 0 Å². The molecule has 0 saturated heterocycles. The summed E-state index contributed by atoms with van der Waals surface area (Å²) in [6, 6.07) is 0. The number of carbonyl (C=O) groups is 1. The summed E-state index contributed by atoms with van der Waals surface area (Å²) in [7, 11) is -3.45. The first-order chi connectivity index (χ1) is 6.76. The van der Waals surface area contributed by atoms with E-state index in [-0.39, 0.29) is 12.5 Å². The summed E-state index contributed by atoms with van der Waals surface area (Å²) in [6.45, 7) is 11.2. The molecule has 6 heteroatoms. The Morgan fingerprint density at radius 3 is 2.33 bits per heavy atom. The van der Waals surface area contributed by atoms with E-state index in [1.54, 1.807) is 6.92 Å². The van der Waals surface area contributed by atoms with Crippen LogP contribution in [0.2, 0.25) is 19.6 Å². The minimum atomic E-state index is -1.80. The maximum absolute atomic E-state index is 11.1. The van der Waals surface area contributed by atoms with Crippen LogP contribution in [0.15, 0.2) is 12.2 Å². The zero-order valence-electron chi connectivity index (χ0n) is 9.87. The minimum absolute atomic E-state index is 0.00621. The molecule has 1 N–H and O–H groups in total. The van der Waals surface area contributed by atoms with Gasteiger partial charge in [0.25, 0.3) is 0 Å². The first kappa shape index (κ1) is 14.6. The molecule has 0 aliphatic carbocycles. The number of hydrogen-bond donors (Lipinski definition) is 1. The molecule has 0 amide bonds. The Morgan fingerprint density at radius 1 is 1.47 bits per heavy atom. The number of esters is 1. The van der Waals surface area contributed by atoms with Crippen molar-refractivity contribution >= 4 is 23.3 Å². The fourth-order valence-electron chi connectivity index (χ4n) is 0.916. The number of rotatable bonds is 6. The second-order valence-corrected chi connectivity index (χ2v) is 11.5. The second-order valence-electron chi connectivity index (χ2n) is 4.41. The standard InChI is InChI=1S/C9H20O4Si2/c1-8(2)9(11)12-7-14(6-10)13-15(3,4)5/h10,14H,1,6-7H2,2-5H3. The van der Waals surface area contributed by atoms with Gasteiger partial charge in [0.15, 0.2) is 8.32 Å². The summed E-state index contributed by atoms with van der Waals surface area (Å²) in [6.07, 6.45) is 0.209. The molecule has 88 valence electrons. The molecule has 0 radical (unpaired) electrons. The Bertz CT molecular complexity index is 235. The molecule has 0 heterocycles. The zero-order valence-corrected chi connectivity index (χ0v) is 12.0. The maximum Gasteiger partial charge on any atom is 0.332 e. The van der Waals surface area contributed by atoms with Gasteiger partial charge in [-0.1, -0.05) is 6.58 Å². The Labute approximate surface area is 93.8 Å². The molecule has 0 aromatic carbocycles. The van der Waals surface area contributed by atoms with Gasteiger partial charge >= 0.3 is 5.97 Å². The normalized spacial score (nSPS) is 13.4. The number of hydrogen-bond acceptors (Lipinski definition) is 4. The molecule has 0 spiro atoms. The monoisotopic (exact) mass is 248 g/mol. The Hall–Kier alpha value is -0.436. The highest BCUT2D eigenvalue weighted by Crippen LogP contribution is 2.05. The third-order valence-corrected chi connectivity index (χ3v) is 6.58. The molecule has 0 fully saturated rings. The van der Waals surface area contributed by atoms with Gasteiger partial charge in [-0.2, -0.15) is 0 Å². The van der Waals surface area contributed by atoms with Crippen LogP contribution in [-0.2, 0) is 13.6 Å². The summed E-state index contributed by atoms with van der Waals surface area (Å²) in [5.41, 5.74) is 0.369. The molecule has 0 aromatic heterocycles. The molecule has 0 aliphatic heterocycles. The Balaban J connectivity index is 4.01. The molecular weight excluding hydrogens is 228 g/mol. The lowest BCUT2D eigenvalue weighted by molar-refractivity contribution is -0.137. The van der Waals surface area contributed by atoms with Crippen LogP contribution in [0.25, 0.3) is 0 Å². The van der Waals surface area contributed by atoms with E-state index in [9.17, 15) is 4.79 Å². The van der Waals surface area contributed by atoms with Crippen LogP contribution in [-0.4, -0.2) is 40.9 Å². The zero-order chi connectivity index (χ0) is 12.1. The van der Waals surface area contributed by atoms with Gasteiger partial charge in [0.1, 0.15) is 6.23 Å². The summed E-state index contributed by atoms with van der Waals surface area (Å²) < 4.78 is 10.7. The van der Waals surface area contributed by atoms with Gasteiger partial charge in [-0.15, -0.1) is 0 Å². The van der Waals surface area contributed by atoms with Crippen LogP contribution >= 0.6 is 0 Å². The van der Waals surface area contributed by atoms with E-state index in [4.69, 9.17) is 14.0 Å². The van der Waals surface area contributed by atoms with Gasteiger partial charge in [0.2, 0.25) is 9.04 Å². The second kappa shape index (κ2) is 6.21. The third kappa shape index (κ3) is 7.49. The van der Waals surface area contributed by atoms with E-state index in [0.717, 1.165) is 0 Å². The number of ether oxygens (including phenoxy) is 1. The van der Waals surface area contributed by atoms with Gasteiger partial charge < -0.3 is 14.0 Å². The molecule has 0 aliphatic rings. The fourth-order valence-corrected chi connectivity index (χ4v) is 5.93. The van der Waals surface area contributed by atoms with Gasteiger partial charge in [-0.3, -0.25) is 0 Å². The lowest BCUT2D eigenvalue weighted by Gasteiger charge is -2.23. The van der Waals surface area contributed by atoms with Crippen molar-refractivity contribution in [1.29, 1.82) is 0 Å². The van der Waals surface area contributed by atoms with Crippen molar-refractivity contribution in [2.75, 3.05) is 12.5 Å². The highest BCUT2D eigenvalue weighted by Gasteiger charge is 2.23. The van der Waals surface area contributed by atoms with Crippen molar-refractivity contribution in [3.63, 3.8) is 0 Å². The SMILES string of the molecule is C=C(C)C(=O)OC[SiH](CO)O[Si](C)(C)C. The van der Waals surface area contributed by atoms with E-state index < -0.39 is 23.3 Å². The number of aliphatic hydroxyl groups excluding tert-OH is 1. The highest BCUT2D eigenvalue weighted by molar-refractivity contribution is 6.77. The summed E-state index contributed by atoms with van der Waals surface area (Å²) in [4.78, 5) is 11.1. The minimum Gasteiger partial charge on any atom is -0.463 e. The average molecular weight is 248 g/mol. The van der Waals surface area contributed by atoms with Gasteiger partial charge in [-0.05, 0) is 26.6 Å². The quantitative estimate of drug-likeness (QED) is 0.428. The first-order valence-electron chi connectivity index (χ1n) is 4.87. The summed E-state index contributed by atoms with van der Waals surface area (Å²) >= 11 is 0. The molecular formula is C9H20O4Si2. The predicted octanol–water partition coefficient (Wildman–Crippen LogP) is 0.752. The van der Waals surface area contributed by atoms with E-state index >= 15 is 0 Å². The van der Waals surface area contributed by atoms with Gasteiger partial charge in [0.05, 0.1) is 6.23 Å². The molecule has 1 atom stereocenters. The number of aliphatic hydroxyl groups is 1. The lowest BCUT2D eigenvalue weighted by Crippen LogP contribution is -2.41. The van der Waals surface area contributed by atoms with Gasteiger partial charge in [0, 0.05) is 5.57 Å². The van der Waals surface area contributed by atoms with Crippen LogP contribution in [0, 0.1) is 0 Å². The highest BCUT2D eigenvalue weighted by atomic mass is 28.4.